The van der Waals surface area contributed by atoms with E-state index in [0.29, 0.717) is 0 Å². The summed E-state index contributed by atoms with van der Waals surface area (Å²) in [5.41, 5.74) is 8.24. The van der Waals surface area contributed by atoms with E-state index in [4.69, 9.17) is 0 Å². The average molecular weight is 445 g/mol. The van der Waals surface area contributed by atoms with Gasteiger partial charge in [0, 0.05) is 49.2 Å². The molecule has 1 aromatic heterocycles. The van der Waals surface area contributed by atoms with Crippen molar-refractivity contribution in [3.05, 3.63) is 143 Å². The van der Waals surface area contributed by atoms with Crippen LogP contribution in [-0.2, 0) is 26.1 Å². The van der Waals surface area contributed by atoms with Crippen molar-refractivity contribution < 1.29 is 0 Å². The third-order valence-corrected chi connectivity index (χ3v) is 6.70. The number of rotatable bonds is 9. The summed E-state index contributed by atoms with van der Waals surface area (Å²) in [6.07, 6.45) is 1.02. The molecule has 5 rings (SSSR count). The molecule has 2 nitrogen and oxygen atoms in total. The quantitative estimate of drug-likeness (QED) is 0.233. The van der Waals surface area contributed by atoms with Gasteiger partial charge in [0.25, 0.3) is 0 Å². The average Bonchev–Trinajstić information content (AvgIpc) is 3.15. The van der Waals surface area contributed by atoms with Crippen molar-refractivity contribution in [2.24, 2.45) is 0 Å². The van der Waals surface area contributed by atoms with Crippen molar-refractivity contribution in [3.63, 3.8) is 0 Å². The molecule has 0 aliphatic heterocycles. The second kappa shape index (κ2) is 10.5. The highest BCUT2D eigenvalue weighted by atomic mass is 15.1. The van der Waals surface area contributed by atoms with E-state index in [0.717, 1.165) is 32.6 Å². The van der Waals surface area contributed by atoms with Gasteiger partial charge in [0.1, 0.15) is 0 Å². The van der Waals surface area contributed by atoms with Crippen molar-refractivity contribution in [1.82, 2.24) is 9.47 Å². The maximum absolute atomic E-state index is 2.58. The molecule has 0 aliphatic rings. The van der Waals surface area contributed by atoms with E-state index < -0.39 is 0 Å². The molecule has 0 fully saturated rings. The molecule has 0 N–H and O–H groups in total. The minimum Gasteiger partial charge on any atom is -0.340 e. The lowest BCUT2D eigenvalue weighted by atomic mass is 10.1. The third-order valence-electron chi connectivity index (χ3n) is 6.70. The Morgan fingerprint density at radius 3 is 1.68 bits per heavy atom. The van der Waals surface area contributed by atoms with Crippen LogP contribution in [0.3, 0.4) is 0 Å². The molecule has 0 radical (unpaired) electrons. The van der Waals surface area contributed by atoms with Crippen molar-refractivity contribution in [2.45, 2.75) is 33.0 Å². The maximum atomic E-state index is 2.58. The predicted molar refractivity (Wildman–Crippen MR) is 143 cm³/mol. The molecular formula is C32H32N2. The van der Waals surface area contributed by atoms with Crippen LogP contribution in [0.2, 0.25) is 0 Å². The van der Waals surface area contributed by atoms with Gasteiger partial charge in [0.05, 0.1) is 0 Å². The largest absolute Gasteiger partial charge is 0.340 e. The number of aryl methyl sites for hydroxylation is 1. The molecule has 0 aliphatic carbocycles. The first-order chi connectivity index (χ1) is 16.8. The summed E-state index contributed by atoms with van der Waals surface area (Å²) < 4.78 is 2.53. The van der Waals surface area contributed by atoms with Gasteiger partial charge in [0.15, 0.2) is 0 Å². The van der Waals surface area contributed by atoms with Gasteiger partial charge in [-0.15, -0.1) is 0 Å². The maximum Gasteiger partial charge on any atom is 0.0488 e. The van der Waals surface area contributed by atoms with E-state index in [9.17, 15) is 0 Å². The number of para-hydroxylation sites is 1. The third kappa shape index (κ3) is 5.13. The minimum atomic E-state index is 0.905. The highest BCUT2D eigenvalue weighted by molar-refractivity contribution is 5.85. The Labute approximate surface area is 203 Å². The van der Waals surface area contributed by atoms with E-state index in [1.54, 1.807) is 0 Å². The number of hydrogen-bond donors (Lipinski definition) is 0. The number of benzene rings is 4. The molecule has 1 heterocycles. The lowest BCUT2D eigenvalue weighted by Gasteiger charge is -2.23. The Kier molecular flexibility index (Phi) is 6.88. The Balaban J connectivity index is 1.44. The zero-order chi connectivity index (χ0) is 23.2. The molecule has 0 amide bonds. The van der Waals surface area contributed by atoms with Crippen LogP contribution < -0.4 is 0 Å². The Morgan fingerprint density at radius 1 is 0.588 bits per heavy atom. The standard InChI is InChI=1S/C32H32N2/c1-26-30-19-11-12-20-32(30)34(25-29-17-9-4-10-18-29)31(26)21-22-33(23-27-13-5-2-6-14-27)24-28-15-7-3-8-16-28/h2-20H,21-25H2,1H3. The normalized spacial score (nSPS) is 11.4. The Morgan fingerprint density at radius 2 is 1.09 bits per heavy atom. The summed E-state index contributed by atoms with van der Waals surface area (Å²) >= 11 is 0. The molecule has 4 aromatic carbocycles. The zero-order valence-electron chi connectivity index (χ0n) is 19.9. The summed E-state index contributed by atoms with van der Waals surface area (Å²) in [6.45, 7) is 6.11. The second-order valence-corrected chi connectivity index (χ2v) is 9.09. The first-order valence-electron chi connectivity index (χ1n) is 12.2. The van der Waals surface area contributed by atoms with Crippen molar-refractivity contribution in [1.29, 1.82) is 0 Å². The van der Waals surface area contributed by atoms with Crippen molar-refractivity contribution in [3.8, 4) is 0 Å². The molecule has 0 saturated carbocycles. The van der Waals surface area contributed by atoms with Gasteiger partial charge in [-0.3, -0.25) is 4.90 Å². The van der Waals surface area contributed by atoms with Crippen LogP contribution in [0, 0.1) is 6.92 Å². The topological polar surface area (TPSA) is 8.17 Å². The minimum absolute atomic E-state index is 0.905. The van der Waals surface area contributed by atoms with Gasteiger partial charge < -0.3 is 4.57 Å². The van der Waals surface area contributed by atoms with Gasteiger partial charge in [-0.1, -0.05) is 109 Å². The predicted octanol–water partition coefficient (Wildman–Crippen LogP) is 7.24. The zero-order valence-corrected chi connectivity index (χ0v) is 19.9. The first kappa shape index (κ1) is 22.2. The highest BCUT2D eigenvalue weighted by Crippen LogP contribution is 2.27. The molecule has 170 valence electrons. The summed E-state index contributed by atoms with van der Waals surface area (Å²) in [6, 6.07) is 41.3. The smallest absolute Gasteiger partial charge is 0.0488 e. The van der Waals surface area contributed by atoms with Crippen LogP contribution in [0.1, 0.15) is 27.9 Å². The molecule has 5 aromatic rings. The summed E-state index contributed by atoms with van der Waals surface area (Å²) in [5, 5.41) is 1.37. The number of nitrogens with zero attached hydrogens (tertiary/aromatic N) is 2. The van der Waals surface area contributed by atoms with Crippen LogP contribution in [-0.4, -0.2) is 16.0 Å². The van der Waals surface area contributed by atoms with E-state index in [2.05, 4.69) is 132 Å². The fraction of sp³-hybridized carbons (Fsp3) is 0.188. The molecule has 34 heavy (non-hydrogen) atoms. The van der Waals surface area contributed by atoms with Crippen molar-refractivity contribution >= 4 is 10.9 Å². The van der Waals surface area contributed by atoms with Crippen LogP contribution in [0.15, 0.2) is 115 Å². The molecule has 2 heteroatoms. The van der Waals surface area contributed by atoms with Gasteiger partial charge in [-0.25, -0.2) is 0 Å². The van der Waals surface area contributed by atoms with E-state index in [-0.39, 0.29) is 0 Å². The van der Waals surface area contributed by atoms with E-state index in [1.165, 1.54) is 38.9 Å². The molecule has 0 unspecified atom stereocenters. The number of aromatic nitrogens is 1. The summed E-state index contributed by atoms with van der Waals surface area (Å²) in [5.74, 6) is 0. The van der Waals surface area contributed by atoms with Crippen LogP contribution in [0.5, 0.6) is 0 Å². The molecule has 0 atom stereocenters. The summed E-state index contributed by atoms with van der Waals surface area (Å²) in [4.78, 5) is 2.58. The van der Waals surface area contributed by atoms with Gasteiger partial charge in [-0.2, -0.15) is 0 Å². The second-order valence-electron chi connectivity index (χ2n) is 9.09. The fourth-order valence-electron chi connectivity index (χ4n) is 4.96. The van der Waals surface area contributed by atoms with Crippen LogP contribution in [0.25, 0.3) is 10.9 Å². The lowest BCUT2D eigenvalue weighted by molar-refractivity contribution is 0.258. The fourth-order valence-corrected chi connectivity index (χ4v) is 4.96. The van der Waals surface area contributed by atoms with Gasteiger partial charge >= 0.3 is 0 Å². The molecule has 0 spiro atoms. The summed E-state index contributed by atoms with van der Waals surface area (Å²) in [7, 11) is 0. The molecule has 0 saturated heterocycles. The molecular weight excluding hydrogens is 412 g/mol. The van der Waals surface area contributed by atoms with Gasteiger partial charge in [-0.05, 0) is 35.2 Å². The number of fused-ring (bicyclic) bond motifs is 1. The first-order valence-corrected chi connectivity index (χ1v) is 12.2. The lowest BCUT2D eigenvalue weighted by Crippen LogP contribution is -2.26. The Bertz CT molecular complexity index is 1280. The monoisotopic (exact) mass is 444 g/mol. The highest BCUT2D eigenvalue weighted by Gasteiger charge is 2.16. The Hall–Kier alpha value is -3.62. The van der Waals surface area contributed by atoms with Gasteiger partial charge in [0.2, 0.25) is 0 Å². The number of hydrogen-bond acceptors (Lipinski definition) is 1. The van der Waals surface area contributed by atoms with E-state index in [1.807, 2.05) is 0 Å². The van der Waals surface area contributed by atoms with Crippen LogP contribution in [0.4, 0.5) is 0 Å². The van der Waals surface area contributed by atoms with Crippen LogP contribution >= 0.6 is 0 Å². The SMILES string of the molecule is Cc1c(CCN(Cc2ccccc2)Cc2ccccc2)n(Cc2ccccc2)c2ccccc12. The van der Waals surface area contributed by atoms with Crippen molar-refractivity contribution in [2.75, 3.05) is 6.54 Å². The molecule has 0 bridgehead atoms. The van der Waals surface area contributed by atoms with E-state index >= 15 is 0 Å².